The van der Waals surface area contributed by atoms with Crippen LogP contribution >= 0.6 is 0 Å². The van der Waals surface area contributed by atoms with Crippen molar-refractivity contribution in [1.29, 1.82) is 0 Å². The SMILES string of the molecule is CCC(C)C(C)NC(C)C(=O)NC(=O)NC. The van der Waals surface area contributed by atoms with Crippen LogP contribution in [0, 0.1) is 5.92 Å². The molecule has 0 rings (SSSR count). The molecule has 0 bridgehead atoms. The van der Waals surface area contributed by atoms with Crippen LogP contribution < -0.4 is 16.0 Å². The Morgan fingerprint density at radius 1 is 1.19 bits per heavy atom. The Morgan fingerprint density at radius 3 is 2.19 bits per heavy atom. The Hall–Kier alpha value is -1.10. The molecule has 5 heteroatoms. The number of hydrogen-bond acceptors (Lipinski definition) is 3. The minimum atomic E-state index is -0.477. The van der Waals surface area contributed by atoms with E-state index in [1.165, 1.54) is 7.05 Å². The lowest BCUT2D eigenvalue weighted by Crippen LogP contribution is -2.50. The zero-order chi connectivity index (χ0) is 12.7. The largest absolute Gasteiger partial charge is 0.341 e. The molecule has 0 aromatic carbocycles. The van der Waals surface area contributed by atoms with E-state index in [1.807, 2.05) is 6.92 Å². The molecule has 0 saturated heterocycles. The summed E-state index contributed by atoms with van der Waals surface area (Å²) < 4.78 is 0. The molecule has 3 atom stereocenters. The van der Waals surface area contributed by atoms with Gasteiger partial charge in [-0.15, -0.1) is 0 Å². The van der Waals surface area contributed by atoms with Gasteiger partial charge in [-0.05, 0) is 19.8 Å². The fraction of sp³-hybridized carbons (Fsp3) is 0.818. The lowest BCUT2D eigenvalue weighted by molar-refractivity contribution is -0.121. The minimum absolute atomic E-state index is 0.246. The van der Waals surface area contributed by atoms with Crippen molar-refractivity contribution in [3.05, 3.63) is 0 Å². The summed E-state index contributed by atoms with van der Waals surface area (Å²) in [7, 11) is 1.47. The summed E-state index contributed by atoms with van der Waals surface area (Å²) in [6, 6.07) is -0.605. The highest BCUT2D eigenvalue weighted by molar-refractivity contribution is 5.96. The molecule has 3 N–H and O–H groups in total. The van der Waals surface area contributed by atoms with Crippen LogP contribution in [-0.4, -0.2) is 31.1 Å². The number of urea groups is 1. The first-order chi connectivity index (χ1) is 7.42. The van der Waals surface area contributed by atoms with Gasteiger partial charge in [0.25, 0.3) is 0 Å². The van der Waals surface area contributed by atoms with Gasteiger partial charge in [-0.3, -0.25) is 10.1 Å². The number of imide groups is 1. The minimum Gasteiger partial charge on any atom is -0.341 e. The standard InChI is InChI=1S/C11H23N3O2/c1-6-7(2)8(3)13-9(4)10(15)14-11(16)12-5/h7-9,13H,6H2,1-5H3,(H2,12,14,15,16). The predicted molar refractivity (Wildman–Crippen MR) is 64.1 cm³/mol. The van der Waals surface area contributed by atoms with E-state index in [-0.39, 0.29) is 18.0 Å². The van der Waals surface area contributed by atoms with E-state index in [2.05, 4.69) is 29.8 Å². The van der Waals surface area contributed by atoms with Crippen LogP contribution in [-0.2, 0) is 4.79 Å². The molecule has 0 aliphatic heterocycles. The van der Waals surface area contributed by atoms with Gasteiger partial charge in [0.05, 0.1) is 6.04 Å². The molecule has 0 heterocycles. The molecule has 3 amide bonds. The summed E-state index contributed by atoms with van der Waals surface area (Å²) in [5.74, 6) is 0.185. The first-order valence-electron chi connectivity index (χ1n) is 5.71. The highest BCUT2D eigenvalue weighted by Crippen LogP contribution is 2.07. The summed E-state index contributed by atoms with van der Waals surface area (Å²) >= 11 is 0. The number of amides is 3. The van der Waals surface area contributed by atoms with Crippen molar-refractivity contribution in [2.45, 2.75) is 46.2 Å². The molecule has 0 aromatic heterocycles. The van der Waals surface area contributed by atoms with Crippen molar-refractivity contribution in [2.24, 2.45) is 5.92 Å². The Labute approximate surface area is 97.4 Å². The molecule has 3 unspecified atom stereocenters. The zero-order valence-corrected chi connectivity index (χ0v) is 10.8. The maximum Gasteiger partial charge on any atom is 0.321 e. The average Bonchev–Trinajstić information content (AvgIpc) is 2.27. The van der Waals surface area contributed by atoms with Crippen molar-refractivity contribution in [3.63, 3.8) is 0 Å². The van der Waals surface area contributed by atoms with E-state index >= 15 is 0 Å². The fourth-order valence-electron chi connectivity index (χ4n) is 1.27. The van der Waals surface area contributed by atoms with Crippen LogP contribution in [0.4, 0.5) is 4.79 Å². The lowest BCUT2D eigenvalue weighted by Gasteiger charge is -2.23. The molecule has 0 radical (unpaired) electrons. The van der Waals surface area contributed by atoms with Crippen molar-refractivity contribution < 1.29 is 9.59 Å². The van der Waals surface area contributed by atoms with E-state index < -0.39 is 6.03 Å². The quantitative estimate of drug-likeness (QED) is 0.654. The number of rotatable bonds is 5. The molecule has 0 aliphatic carbocycles. The Kier molecular flexibility index (Phi) is 6.72. The Morgan fingerprint density at radius 2 is 1.75 bits per heavy atom. The van der Waals surface area contributed by atoms with E-state index in [0.717, 1.165) is 6.42 Å². The topological polar surface area (TPSA) is 70.2 Å². The van der Waals surface area contributed by atoms with Gasteiger partial charge in [0.2, 0.25) is 5.91 Å². The Bertz CT molecular complexity index is 243. The maximum atomic E-state index is 11.5. The average molecular weight is 229 g/mol. The fourth-order valence-corrected chi connectivity index (χ4v) is 1.27. The first-order valence-corrected chi connectivity index (χ1v) is 5.71. The third kappa shape index (κ3) is 5.11. The molecule has 0 spiro atoms. The van der Waals surface area contributed by atoms with Gasteiger partial charge in [0.1, 0.15) is 0 Å². The normalized spacial score (nSPS) is 16.1. The van der Waals surface area contributed by atoms with Gasteiger partial charge < -0.3 is 10.6 Å². The molecule has 0 aliphatic rings. The van der Waals surface area contributed by atoms with Crippen LogP contribution in [0.25, 0.3) is 0 Å². The zero-order valence-electron chi connectivity index (χ0n) is 10.8. The number of carbonyl (C=O) groups excluding carboxylic acids is 2. The molecular formula is C11H23N3O2. The van der Waals surface area contributed by atoms with Gasteiger partial charge in [-0.2, -0.15) is 0 Å². The number of hydrogen-bond donors (Lipinski definition) is 3. The van der Waals surface area contributed by atoms with E-state index in [4.69, 9.17) is 0 Å². The summed E-state index contributed by atoms with van der Waals surface area (Å²) in [6.07, 6.45) is 1.05. The number of carbonyl (C=O) groups is 2. The van der Waals surface area contributed by atoms with Crippen LogP contribution in [0.15, 0.2) is 0 Å². The van der Waals surface area contributed by atoms with Crippen molar-refractivity contribution in [1.82, 2.24) is 16.0 Å². The second kappa shape index (κ2) is 7.22. The van der Waals surface area contributed by atoms with E-state index in [9.17, 15) is 9.59 Å². The molecule has 0 saturated carbocycles. The molecule has 5 nitrogen and oxygen atoms in total. The van der Waals surface area contributed by atoms with Crippen LogP contribution in [0.3, 0.4) is 0 Å². The summed E-state index contributed by atoms with van der Waals surface area (Å²) in [5.41, 5.74) is 0. The third-order valence-corrected chi connectivity index (χ3v) is 2.87. The van der Waals surface area contributed by atoms with Gasteiger partial charge in [-0.1, -0.05) is 20.3 Å². The summed E-state index contributed by atoms with van der Waals surface area (Å²) in [5, 5.41) is 7.75. The van der Waals surface area contributed by atoms with Gasteiger partial charge in [0.15, 0.2) is 0 Å². The third-order valence-electron chi connectivity index (χ3n) is 2.87. The van der Waals surface area contributed by atoms with Gasteiger partial charge in [-0.25, -0.2) is 4.79 Å². The highest BCUT2D eigenvalue weighted by Gasteiger charge is 2.19. The monoisotopic (exact) mass is 229 g/mol. The summed E-state index contributed by atoms with van der Waals surface area (Å²) in [4.78, 5) is 22.5. The summed E-state index contributed by atoms with van der Waals surface area (Å²) in [6.45, 7) is 8.02. The predicted octanol–water partition coefficient (Wildman–Crippen LogP) is 0.855. The van der Waals surface area contributed by atoms with Crippen molar-refractivity contribution >= 4 is 11.9 Å². The molecule has 16 heavy (non-hydrogen) atoms. The van der Waals surface area contributed by atoms with E-state index in [1.54, 1.807) is 6.92 Å². The van der Waals surface area contributed by atoms with Crippen LogP contribution in [0.1, 0.15) is 34.1 Å². The van der Waals surface area contributed by atoms with Crippen LogP contribution in [0.5, 0.6) is 0 Å². The highest BCUT2D eigenvalue weighted by atomic mass is 16.2. The molecule has 0 fully saturated rings. The molecule has 0 aromatic rings. The molecule has 94 valence electrons. The van der Waals surface area contributed by atoms with Crippen molar-refractivity contribution in [2.75, 3.05) is 7.05 Å². The second-order valence-corrected chi connectivity index (χ2v) is 4.13. The Balaban J connectivity index is 4.09. The van der Waals surface area contributed by atoms with Gasteiger partial charge >= 0.3 is 6.03 Å². The maximum absolute atomic E-state index is 11.5. The lowest BCUT2D eigenvalue weighted by atomic mass is 10.0. The van der Waals surface area contributed by atoms with E-state index in [0.29, 0.717) is 5.92 Å². The van der Waals surface area contributed by atoms with Crippen LogP contribution in [0.2, 0.25) is 0 Å². The van der Waals surface area contributed by atoms with Gasteiger partial charge in [0, 0.05) is 13.1 Å². The van der Waals surface area contributed by atoms with Crippen molar-refractivity contribution in [3.8, 4) is 0 Å². The molecular weight excluding hydrogens is 206 g/mol. The number of nitrogens with one attached hydrogen (secondary N) is 3. The first kappa shape index (κ1) is 14.9. The smallest absolute Gasteiger partial charge is 0.321 e. The second-order valence-electron chi connectivity index (χ2n) is 4.13.